The van der Waals surface area contributed by atoms with E-state index in [1.165, 1.54) is 5.56 Å². The number of benzene rings is 2. The lowest BCUT2D eigenvalue weighted by Crippen LogP contribution is -2.52. The third-order valence-corrected chi connectivity index (χ3v) is 6.65. The van der Waals surface area contributed by atoms with Crippen molar-refractivity contribution in [2.75, 3.05) is 0 Å². The van der Waals surface area contributed by atoms with Gasteiger partial charge < -0.3 is 15.0 Å². The lowest BCUT2D eigenvalue weighted by atomic mass is 10.0. The molecule has 0 spiro atoms. The van der Waals surface area contributed by atoms with Crippen LogP contribution in [0.25, 0.3) is 0 Å². The van der Waals surface area contributed by atoms with Crippen LogP contribution in [-0.4, -0.2) is 40.8 Å². The summed E-state index contributed by atoms with van der Waals surface area (Å²) in [6.45, 7) is 1.17. The van der Waals surface area contributed by atoms with Crippen molar-refractivity contribution in [3.05, 3.63) is 65.2 Å². The lowest BCUT2D eigenvalue weighted by molar-refractivity contribution is -0.136. The van der Waals surface area contributed by atoms with Crippen molar-refractivity contribution in [3.63, 3.8) is 0 Å². The summed E-state index contributed by atoms with van der Waals surface area (Å²) in [6.07, 6.45) is 3.88. The van der Waals surface area contributed by atoms with Gasteiger partial charge in [0.2, 0.25) is 11.8 Å². The highest BCUT2D eigenvalue weighted by Gasteiger charge is 2.39. The fourth-order valence-electron chi connectivity index (χ4n) is 4.94. The second-order valence-electron chi connectivity index (χ2n) is 8.78. The number of piperidine rings is 1. The fourth-order valence-corrected chi connectivity index (χ4v) is 4.94. The van der Waals surface area contributed by atoms with Crippen molar-refractivity contribution in [2.45, 2.75) is 63.4 Å². The van der Waals surface area contributed by atoms with E-state index in [1.807, 2.05) is 30.3 Å². The number of hydrogen-bond donors (Lipinski definition) is 2. The number of nitrogens with one attached hydrogen (secondary N) is 2. The van der Waals surface area contributed by atoms with E-state index in [-0.39, 0.29) is 30.4 Å². The molecule has 0 radical (unpaired) electrons. The standard InChI is InChI=1S/C25H27N3O4/c29-23-12-11-21(24(30)27-23)28-15-17-13-18(9-10-19(17)25(28)31)32-22-8-4-7-20(22)26-14-16-5-2-1-3-6-16/h1-3,5-6,9-10,13,20-22,26H,4,7-8,11-12,14-15H2,(H,27,29,30)/t20-,21?,22+/m0/s1. The highest BCUT2D eigenvalue weighted by Crippen LogP contribution is 2.32. The average Bonchev–Trinajstić information content (AvgIpc) is 3.37. The number of fused-ring (bicyclic) bond motifs is 1. The fraction of sp³-hybridized carbons (Fsp3) is 0.400. The van der Waals surface area contributed by atoms with Crippen LogP contribution in [0.5, 0.6) is 5.75 Å². The SMILES string of the molecule is O=C1CCC(N2Cc3cc(O[C@@H]4CCC[C@@H]4NCc4ccccc4)ccc3C2=O)C(=O)N1. The van der Waals surface area contributed by atoms with Gasteiger partial charge in [-0.3, -0.25) is 19.7 Å². The van der Waals surface area contributed by atoms with Crippen molar-refractivity contribution >= 4 is 17.7 Å². The predicted octanol–water partition coefficient (Wildman–Crippen LogP) is 2.54. The molecule has 2 aromatic carbocycles. The topological polar surface area (TPSA) is 87.7 Å². The number of carbonyl (C=O) groups is 3. The Labute approximate surface area is 187 Å². The molecule has 3 aliphatic rings. The Bertz CT molecular complexity index is 1040. The molecule has 5 rings (SSSR count). The number of carbonyl (C=O) groups excluding carboxylic acids is 3. The highest BCUT2D eigenvalue weighted by atomic mass is 16.5. The Morgan fingerprint density at radius 1 is 1.03 bits per heavy atom. The van der Waals surface area contributed by atoms with Gasteiger partial charge in [0.25, 0.3) is 5.91 Å². The van der Waals surface area contributed by atoms with E-state index < -0.39 is 11.9 Å². The summed E-state index contributed by atoms with van der Waals surface area (Å²) >= 11 is 0. The maximum atomic E-state index is 12.9. The first-order valence-corrected chi connectivity index (χ1v) is 11.3. The summed E-state index contributed by atoms with van der Waals surface area (Å²) in [6, 6.07) is 15.6. The summed E-state index contributed by atoms with van der Waals surface area (Å²) in [5.41, 5.74) is 2.72. The molecule has 2 N–H and O–H groups in total. The highest BCUT2D eigenvalue weighted by molar-refractivity contribution is 6.05. The summed E-state index contributed by atoms with van der Waals surface area (Å²) in [5.74, 6) is -0.0836. The van der Waals surface area contributed by atoms with Gasteiger partial charge in [-0.05, 0) is 55.0 Å². The number of nitrogens with zero attached hydrogens (tertiary/aromatic N) is 1. The van der Waals surface area contributed by atoms with Crippen LogP contribution >= 0.6 is 0 Å². The molecule has 166 valence electrons. The Morgan fingerprint density at radius 3 is 2.69 bits per heavy atom. The molecule has 0 aromatic heterocycles. The van der Waals surface area contributed by atoms with E-state index in [4.69, 9.17) is 4.74 Å². The van der Waals surface area contributed by atoms with Crippen LogP contribution in [0, 0.1) is 0 Å². The van der Waals surface area contributed by atoms with Crippen LogP contribution in [-0.2, 0) is 22.7 Å². The number of amides is 3. The third-order valence-electron chi connectivity index (χ3n) is 6.65. The molecule has 1 saturated carbocycles. The smallest absolute Gasteiger partial charge is 0.255 e. The minimum atomic E-state index is -0.599. The van der Waals surface area contributed by atoms with E-state index in [0.29, 0.717) is 18.5 Å². The molecule has 1 saturated heterocycles. The molecule has 2 aliphatic heterocycles. The van der Waals surface area contributed by atoms with Gasteiger partial charge >= 0.3 is 0 Å². The van der Waals surface area contributed by atoms with Crippen molar-refractivity contribution in [1.29, 1.82) is 0 Å². The number of rotatable bonds is 6. The number of ether oxygens (including phenoxy) is 1. The molecule has 7 heteroatoms. The van der Waals surface area contributed by atoms with E-state index in [0.717, 1.165) is 37.1 Å². The number of imide groups is 1. The predicted molar refractivity (Wildman–Crippen MR) is 118 cm³/mol. The van der Waals surface area contributed by atoms with Gasteiger partial charge in [0.1, 0.15) is 17.9 Å². The van der Waals surface area contributed by atoms with E-state index in [2.05, 4.69) is 22.8 Å². The minimum Gasteiger partial charge on any atom is -0.489 e. The van der Waals surface area contributed by atoms with Crippen molar-refractivity contribution < 1.29 is 19.1 Å². The van der Waals surface area contributed by atoms with E-state index in [9.17, 15) is 14.4 Å². The average molecular weight is 434 g/mol. The molecule has 2 aromatic rings. The van der Waals surface area contributed by atoms with Gasteiger partial charge in [-0.2, -0.15) is 0 Å². The molecular weight excluding hydrogens is 406 g/mol. The van der Waals surface area contributed by atoms with Gasteiger partial charge in [-0.15, -0.1) is 0 Å². The van der Waals surface area contributed by atoms with Crippen molar-refractivity contribution in [2.24, 2.45) is 0 Å². The van der Waals surface area contributed by atoms with Gasteiger partial charge in [0.15, 0.2) is 0 Å². The first-order chi connectivity index (χ1) is 15.6. The first kappa shape index (κ1) is 20.7. The van der Waals surface area contributed by atoms with Crippen LogP contribution in [0.3, 0.4) is 0 Å². The van der Waals surface area contributed by atoms with Gasteiger partial charge in [0.05, 0.1) is 0 Å². The second kappa shape index (κ2) is 8.74. The summed E-state index contributed by atoms with van der Waals surface area (Å²) in [7, 11) is 0. The number of hydrogen-bond acceptors (Lipinski definition) is 5. The molecule has 2 fully saturated rings. The molecular formula is C25H27N3O4. The zero-order valence-corrected chi connectivity index (χ0v) is 17.9. The molecule has 3 atom stereocenters. The molecule has 32 heavy (non-hydrogen) atoms. The summed E-state index contributed by atoms with van der Waals surface area (Å²) in [4.78, 5) is 38.1. The first-order valence-electron chi connectivity index (χ1n) is 11.3. The third kappa shape index (κ3) is 4.12. The Morgan fingerprint density at radius 2 is 1.88 bits per heavy atom. The normalized spacial score (nSPS) is 25.1. The Hall–Kier alpha value is -3.19. The van der Waals surface area contributed by atoms with Crippen LogP contribution in [0.2, 0.25) is 0 Å². The van der Waals surface area contributed by atoms with Crippen LogP contribution in [0.4, 0.5) is 0 Å². The van der Waals surface area contributed by atoms with E-state index in [1.54, 1.807) is 11.0 Å². The van der Waals surface area contributed by atoms with Crippen molar-refractivity contribution in [1.82, 2.24) is 15.5 Å². The minimum absolute atomic E-state index is 0.0834. The second-order valence-corrected chi connectivity index (χ2v) is 8.78. The Kier molecular flexibility index (Phi) is 5.66. The van der Waals surface area contributed by atoms with Gasteiger partial charge in [-0.1, -0.05) is 30.3 Å². The largest absolute Gasteiger partial charge is 0.489 e. The van der Waals surface area contributed by atoms with Crippen LogP contribution in [0.1, 0.15) is 53.6 Å². The molecule has 1 unspecified atom stereocenters. The van der Waals surface area contributed by atoms with Crippen LogP contribution in [0.15, 0.2) is 48.5 Å². The quantitative estimate of drug-likeness (QED) is 0.684. The van der Waals surface area contributed by atoms with Crippen LogP contribution < -0.4 is 15.4 Å². The van der Waals surface area contributed by atoms with E-state index >= 15 is 0 Å². The maximum Gasteiger partial charge on any atom is 0.255 e. The lowest BCUT2D eigenvalue weighted by Gasteiger charge is -2.29. The summed E-state index contributed by atoms with van der Waals surface area (Å²) < 4.78 is 6.34. The van der Waals surface area contributed by atoms with Crippen molar-refractivity contribution in [3.8, 4) is 5.75 Å². The van der Waals surface area contributed by atoms with Gasteiger partial charge in [-0.25, -0.2) is 0 Å². The molecule has 7 nitrogen and oxygen atoms in total. The Balaban J connectivity index is 1.24. The molecule has 3 amide bonds. The zero-order valence-electron chi connectivity index (χ0n) is 17.9. The molecule has 2 heterocycles. The summed E-state index contributed by atoms with van der Waals surface area (Å²) in [5, 5.41) is 5.97. The zero-order chi connectivity index (χ0) is 22.1. The van der Waals surface area contributed by atoms with Gasteiger partial charge in [0, 0.05) is 31.1 Å². The maximum absolute atomic E-state index is 12.9. The monoisotopic (exact) mass is 433 g/mol. The molecule has 0 bridgehead atoms. The molecule has 1 aliphatic carbocycles.